The van der Waals surface area contributed by atoms with Crippen molar-refractivity contribution < 1.29 is 0 Å². The van der Waals surface area contributed by atoms with E-state index in [1.165, 1.54) is 22.3 Å². The first-order valence-electron chi connectivity index (χ1n) is 6.23. The molecule has 1 aromatic rings. The van der Waals surface area contributed by atoms with E-state index in [0.29, 0.717) is 0 Å². The number of nitrogens with two attached hydrogens (primary N) is 1. The van der Waals surface area contributed by atoms with E-state index in [2.05, 4.69) is 58.7 Å². The third kappa shape index (κ3) is 4.49. The fraction of sp³-hybridized carbons (Fsp3) is 0.600. The zero-order valence-electron chi connectivity index (χ0n) is 12.1. The highest BCUT2D eigenvalue weighted by Crippen LogP contribution is 2.18. The molecule has 1 aromatic carbocycles. The van der Waals surface area contributed by atoms with Gasteiger partial charge in [-0.15, -0.1) is 0 Å². The highest BCUT2D eigenvalue weighted by molar-refractivity contribution is 5.37. The minimum Gasteiger partial charge on any atom is -0.324 e. The summed E-state index contributed by atoms with van der Waals surface area (Å²) in [6, 6.07) is 4.51. The van der Waals surface area contributed by atoms with E-state index in [1.54, 1.807) is 0 Å². The second-order valence-corrected chi connectivity index (χ2v) is 6.04. The average Bonchev–Trinajstić information content (AvgIpc) is 2.08. The summed E-state index contributed by atoms with van der Waals surface area (Å²) in [6.45, 7) is 12.5. The molecular formula is C15H26N2. The molecule has 0 saturated heterocycles. The zero-order valence-corrected chi connectivity index (χ0v) is 12.1. The quantitative estimate of drug-likeness (QED) is 0.868. The summed E-state index contributed by atoms with van der Waals surface area (Å²) in [5, 5.41) is 0. The first-order chi connectivity index (χ1) is 7.69. The Morgan fingerprint density at radius 1 is 1.12 bits per heavy atom. The number of hydrogen-bond acceptors (Lipinski definition) is 2. The largest absolute Gasteiger partial charge is 0.324 e. The summed E-state index contributed by atoms with van der Waals surface area (Å²) >= 11 is 0. The minimum atomic E-state index is -0.138. The fourth-order valence-electron chi connectivity index (χ4n) is 2.48. The molecule has 0 saturated carbocycles. The lowest BCUT2D eigenvalue weighted by Crippen LogP contribution is -2.43. The van der Waals surface area contributed by atoms with Crippen molar-refractivity contribution in [3.8, 4) is 0 Å². The van der Waals surface area contributed by atoms with Crippen LogP contribution in [0.4, 0.5) is 0 Å². The molecule has 0 aromatic heterocycles. The van der Waals surface area contributed by atoms with Crippen molar-refractivity contribution in [3.63, 3.8) is 0 Å². The normalized spacial score (nSPS) is 12.2. The monoisotopic (exact) mass is 234 g/mol. The van der Waals surface area contributed by atoms with E-state index in [0.717, 1.165) is 13.1 Å². The molecule has 0 atom stereocenters. The molecule has 0 spiro atoms. The average molecular weight is 234 g/mol. The number of benzene rings is 1. The molecule has 0 aliphatic carbocycles. The van der Waals surface area contributed by atoms with Crippen molar-refractivity contribution in [1.29, 1.82) is 0 Å². The van der Waals surface area contributed by atoms with Gasteiger partial charge in [-0.2, -0.15) is 0 Å². The predicted molar refractivity (Wildman–Crippen MR) is 75.3 cm³/mol. The maximum atomic E-state index is 6.05. The molecule has 0 radical (unpaired) electrons. The lowest BCUT2D eigenvalue weighted by atomic mass is 9.99. The first kappa shape index (κ1) is 14.2. The molecule has 0 unspecified atom stereocenters. The van der Waals surface area contributed by atoms with Crippen LogP contribution in [0.25, 0.3) is 0 Å². The van der Waals surface area contributed by atoms with E-state index < -0.39 is 0 Å². The molecular weight excluding hydrogens is 208 g/mol. The smallest absolute Gasteiger partial charge is 0.0236 e. The lowest BCUT2D eigenvalue weighted by Gasteiger charge is -2.27. The Balaban J connectivity index is 2.82. The van der Waals surface area contributed by atoms with Gasteiger partial charge in [0.15, 0.2) is 0 Å². The van der Waals surface area contributed by atoms with Gasteiger partial charge < -0.3 is 10.6 Å². The Labute approximate surface area is 106 Å². The van der Waals surface area contributed by atoms with Crippen LogP contribution < -0.4 is 5.73 Å². The Morgan fingerprint density at radius 2 is 1.59 bits per heavy atom. The molecule has 0 aliphatic heterocycles. The summed E-state index contributed by atoms with van der Waals surface area (Å²) in [5.41, 5.74) is 11.4. The zero-order chi connectivity index (χ0) is 13.2. The molecule has 17 heavy (non-hydrogen) atoms. The van der Waals surface area contributed by atoms with Crippen molar-refractivity contribution in [3.05, 3.63) is 34.4 Å². The lowest BCUT2D eigenvalue weighted by molar-refractivity contribution is 0.262. The second-order valence-electron chi connectivity index (χ2n) is 6.04. The van der Waals surface area contributed by atoms with Gasteiger partial charge in [-0.3, -0.25) is 0 Å². The van der Waals surface area contributed by atoms with E-state index in [4.69, 9.17) is 5.73 Å². The van der Waals surface area contributed by atoms with Crippen LogP contribution in [0.15, 0.2) is 12.1 Å². The number of nitrogens with zero attached hydrogens (tertiary/aromatic N) is 1. The van der Waals surface area contributed by atoms with Gasteiger partial charge in [0.05, 0.1) is 0 Å². The second kappa shape index (κ2) is 5.19. The van der Waals surface area contributed by atoms with Crippen molar-refractivity contribution >= 4 is 0 Å². The minimum absolute atomic E-state index is 0.138. The van der Waals surface area contributed by atoms with Crippen molar-refractivity contribution in [2.24, 2.45) is 5.73 Å². The maximum Gasteiger partial charge on any atom is 0.0236 e. The van der Waals surface area contributed by atoms with Crippen LogP contribution in [0.1, 0.15) is 36.1 Å². The van der Waals surface area contributed by atoms with Crippen LogP contribution in [-0.4, -0.2) is 24.0 Å². The molecule has 0 bridgehead atoms. The van der Waals surface area contributed by atoms with Gasteiger partial charge in [0.2, 0.25) is 0 Å². The highest BCUT2D eigenvalue weighted by atomic mass is 15.1. The fourth-order valence-corrected chi connectivity index (χ4v) is 2.48. The topological polar surface area (TPSA) is 29.3 Å². The summed E-state index contributed by atoms with van der Waals surface area (Å²) in [7, 11) is 2.13. The molecule has 2 heteroatoms. The third-order valence-electron chi connectivity index (χ3n) is 2.95. The number of aryl methyl sites for hydroxylation is 3. The van der Waals surface area contributed by atoms with Crippen LogP contribution in [0.3, 0.4) is 0 Å². The van der Waals surface area contributed by atoms with Gasteiger partial charge in [0, 0.05) is 18.6 Å². The molecule has 96 valence electrons. The molecule has 0 fully saturated rings. The van der Waals surface area contributed by atoms with Gasteiger partial charge in [0.25, 0.3) is 0 Å². The summed E-state index contributed by atoms with van der Waals surface area (Å²) in [4.78, 5) is 2.30. The Kier molecular flexibility index (Phi) is 4.34. The molecule has 2 nitrogen and oxygen atoms in total. The number of likely N-dealkylation sites (N-methyl/N-ethyl adjacent to an activating group) is 1. The van der Waals surface area contributed by atoms with E-state index in [-0.39, 0.29) is 5.54 Å². The Morgan fingerprint density at radius 3 is 2.00 bits per heavy atom. The molecule has 0 aliphatic rings. The van der Waals surface area contributed by atoms with Crippen LogP contribution in [0, 0.1) is 20.8 Å². The molecule has 0 amide bonds. The van der Waals surface area contributed by atoms with Gasteiger partial charge in [0.1, 0.15) is 0 Å². The van der Waals surface area contributed by atoms with E-state index in [1.807, 2.05) is 0 Å². The van der Waals surface area contributed by atoms with Gasteiger partial charge in [-0.05, 0) is 58.4 Å². The summed E-state index contributed by atoms with van der Waals surface area (Å²) in [5.74, 6) is 0. The first-order valence-corrected chi connectivity index (χ1v) is 6.23. The van der Waals surface area contributed by atoms with Crippen molar-refractivity contribution in [2.45, 2.75) is 46.7 Å². The maximum absolute atomic E-state index is 6.05. The summed E-state index contributed by atoms with van der Waals surface area (Å²) in [6.07, 6.45) is 0. The standard InChI is InChI=1S/C15H26N2/c1-11-7-12(2)14(13(3)8-11)9-17(6)10-15(4,5)16/h7-8H,9-10,16H2,1-6H3. The number of hydrogen-bond donors (Lipinski definition) is 1. The Bertz CT molecular complexity index is 365. The predicted octanol–water partition coefficient (Wildman–Crippen LogP) is 2.78. The van der Waals surface area contributed by atoms with Gasteiger partial charge in [-0.1, -0.05) is 17.7 Å². The number of rotatable bonds is 4. The third-order valence-corrected chi connectivity index (χ3v) is 2.95. The summed E-state index contributed by atoms with van der Waals surface area (Å²) < 4.78 is 0. The Hall–Kier alpha value is -0.860. The van der Waals surface area contributed by atoms with Gasteiger partial charge in [-0.25, -0.2) is 0 Å². The van der Waals surface area contributed by atoms with Crippen LogP contribution in [0.2, 0.25) is 0 Å². The van der Waals surface area contributed by atoms with Crippen molar-refractivity contribution in [2.75, 3.05) is 13.6 Å². The SMILES string of the molecule is Cc1cc(C)c(CN(C)CC(C)(C)N)c(C)c1. The van der Waals surface area contributed by atoms with Crippen LogP contribution in [0.5, 0.6) is 0 Å². The van der Waals surface area contributed by atoms with Crippen LogP contribution in [-0.2, 0) is 6.54 Å². The van der Waals surface area contributed by atoms with Gasteiger partial charge >= 0.3 is 0 Å². The molecule has 1 rings (SSSR count). The van der Waals surface area contributed by atoms with E-state index in [9.17, 15) is 0 Å². The van der Waals surface area contributed by atoms with Crippen molar-refractivity contribution in [1.82, 2.24) is 4.90 Å². The molecule has 0 heterocycles. The van der Waals surface area contributed by atoms with E-state index >= 15 is 0 Å². The van der Waals surface area contributed by atoms with Crippen LogP contribution >= 0.6 is 0 Å². The molecule has 2 N–H and O–H groups in total. The highest BCUT2D eigenvalue weighted by Gasteiger charge is 2.15.